The van der Waals surface area contributed by atoms with E-state index in [9.17, 15) is 14.9 Å². The monoisotopic (exact) mass is 469 g/mol. The third-order valence-electron chi connectivity index (χ3n) is 5.46. The van der Waals surface area contributed by atoms with Gasteiger partial charge in [-0.3, -0.25) is 14.6 Å². The number of nitriles is 1. The fraction of sp³-hybridized carbons (Fsp3) is 0.192. The molecule has 2 aromatic heterocycles. The van der Waals surface area contributed by atoms with E-state index in [1.807, 2.05) is 39.8 Å². The fourth-order valence-electron chi connectivity index (χ4n) is 3.34. The highest BCUT2D eigenvalue weighted by Crippen LogP contribution is 2.27. The van der Waals surface area contributed by atoms with Crippen molar-refractivity contribution in [2.75, 3.05) is 10.6 Å². The topological polar surface area (TPSA) is 108 Å². The second-order valence-corrected chi connectivity index (χ2v) is 9.60. The number of rotatable bonds is 5. The number of nitrogens with one attached hydrogen (secondary N) is 2. The van der Waals surface area contributed by atoms with Crippen molar-refractivity contribution in [3.63, 3.8) is 0 Å². The van der Waals surface area contributed by atoms with E-state index in [2.05, 4.69) is 26.7 Å². The Labute approximate surface area is 201 Å². The molecule has 2 heterocycles. The van der Waals surface area contributed by atoms with Crippen LogP contribution in [0.3, 0.4) is 0 Å². The largest absolute Gasteiger partial charge is 0.322 e. The summed E-state index contributed by atoms with van der Waals surface area (Å²) < 4.78 is 0. The summed E-state index contributed by atoms with van der Waals surface area (Å²) >= 11 is 1.28. The molecule has 2 amide bonds. The molecule has 0 aliphatic rings. The van der Waals surface area contributed by atoms with Crippen LogP contribution < -0.4 is 10.6 Å². The third kappa shape index (κ3) is 4.80. The van der Waals surface area contributed by atoms with E-state index in [4.69, 9.17) is 0 Å². The molecule has 2 N–H and O–H groups in total. The molecule has 2 aromatic carbocycles. The Bertz CT molecular complexity index is 1470. The molecular weight excluding hydrogens is 446 g/mol. The van der Waals surface area contributed by atoms with Gasteiger partial charge in [-0.2, -0.15) is 5.26 Å². The SMILES string of the molecule is Cc1cnc2cc(C(=O)Nc3cc(NC(=O)c4cccc(C(C)(C)C#N)c4)ccc3C)sc2n1. The average molecular weight is 470 g/mol. The minimum atomic E-state index is -0.700. The van der Waals surface area contributed by atoms with Crippen LogP contribution in [-0.4, -0.2) is 21.8 Å². The number of thiophene rings is 1. The lowest BCUT2D eigenvalue weighted by Crippen LogP contribution is -2.17. The zero-order valence-corrected chi connectivity index (χ0v) is 20.1. The number of benzene rings is 2. The van der Waals surface area contributed by atoms with Crippen LogP contribution in [-0.2, 0) is 5.41 Å². The first kappa shape index (κ1) is 23.1. The smallest absolute Gasteiger partial charge is 0.265 e. The molecule has 0 spiro atoms. The molecule has 170 valence electrons. The normalized spacial score (nSPS) is 11.1. The summed E-state index contributed by atoms with van der Waals surface area (Å²) in [5.74, 6) is -0.561. The molecule has 4 aromatic rings. The van der Waals surface area contributed by atoms with Crippen molar-refractivity contribution >= 4 is 44.9 Å². The van der Waals surface area contributed by atoms with Gasteiger partial charge in [0.25, 0.3) is 11.8 Å². The number of nitrogens with zero attached hydrogens (tertiary/aromatic N) is 3. The summed E-state index contributed by atoms with van der Waals surface area (Å²) in [6, 6.07) is 16.3. The van der Waals surface area contributed by atoms with Gasteiger partial charge >= 0.3 is 0 Å². The third-order valence-corrected chi connectivity index (χ3v) is 6.47. The predicted octanol–water partition coefficient (Wildman–Crippen LogP) is 5.61. The van der Waals surface area contributed by atoms with Crippen LogP contribution in [0.2, 0.25) is 0 Å². The summed E-state index contributed by atoms with van der Waals surface area (Å²) in [6.07, 6.45) is 1.67. The average Bonchev–Trinajstić information content (AvgIpc) is 3.24. The Morgan fingerprint density at radius 3 is 2.59 bits per heavy atom. The number of hydrogen-bond donors (Lipinski definition) is 2. The molecule has 0 bridgehead atoms. The number of anilines is 2. The Morgan fingerprint density at radius 1 is 1.03 bits per heavy atom. The highest BCUT2D eigenvalue weighted by molar-refractivity contribution is 7.20. The molecule has 0 unspecified atom stereocenters. The molecule has 0 saturated carbocycles. The summed E-state index contributed by atoms with van der Waals surface area (Å²) in [7, 11) is 0. The second-order valence-electron chi connectivity index (χ2n) is 8.57. The quantitative estimate of drug-likeness (QED) is 0.395. The first-order valence-electron chi connectivity index (χ1n) is 10.6. The van der Waals surface area contributed by atoms with Gasteiger partial charge in [-0.05, 0) is 69.2 Å². The van der Waals surface area contributed by atoms with Gasteiger partial charge < -0.3 is 10.6 Å². The van der Waals surface area contributed by atoms with Crippen molar-refractivity contribution in [1.82, 2.24) is 9.97 Å². The van der Waals surface area contributed by atoms with E-state index in [1.165, 1.54) is 11.3 Å². The van der Waals surface area contributed by atoms with Gasteiger partial charge in [0.05, 0.1) is 22.1 Å². The highest BCUT2D eigenvalue weighted by atomic mass is 32.1. The molecule has 0 aliphatic heterocycles. The van der Waals surface area contributed by atoms with Gasteiger partial charge in [0.1, 0.15) is 10.3 Å². The number of carbonyl (C=O) groups is 2. The lowest BCUT2D eigenvalue weighted by molar-refractivity contribution is 0.102. The van der Waals surface area contributed by atoms with Crippen LogP contribution in [0, 0.1) is 25.2 Å². The maximum atomic E-state index is 12.9. The number of amides is 2. The van der Waals surface area contributed by atoms with Crippen LogP contribution in [0.15, 0.2) is 54.7 Å². The lowest BCUT2D eigenvalue weighted by atomic mass is 9.85. The number of hydrogen-bond acceptors (Lipinski definition) is 6. The number of fused-ring (bicyclic) bond motifs is 1. The molecule has 0 atom stereocenters. The second kappa shape index (κ2) is 9.04. The van der Waals surface area contributed by atoms with E-state index in [0.29, 0.717) is 32.2 Å². The van der Waals surface area contributed by atoms with Crippen molar-refractivity contribution in [2.24, 2.45) is 0 Å². The van der Waals surface area contributed by atoms with Gasteiger partial charge in [-0.1, -0.05) is 18.2 Å². The zero-order chi connectivity index (χ0) is 24.5. The maximum Gasteiger partial charge on any atom is 0.265 e. The lowest BCUT2D eigenvalue weighted by Gasteiger charge is -2.16. The molecule has 0 fully saturated rings. The molecule has 34 heavy (non-hydrogen) atoms. The molecule has 0 aliphatic carbocycles. The Balaban J connectivity index is 1.53. The molecule has 0 saturated heterocycles. The Kier molecular flexibility index (Phi) is 6.14. The van der Waals surface area contributed by atoms with E-state index in [0.717, 1.165) is 16.8 Å². The van der Waals surface area contributed by atoms with Gasteiger partial charge in [-0.15, -0.1) is 11.3 Å². The minimum Gasteiger partial charge on any atom is -0.322 e. The molecule has 4 rings (SSSR count). The molecule has 8 heteroatoms. The minimum absolute atomic E-state index is 0.263. The van der Waals surface area contributed by atoms with Crippen molar-refractivity contribution in [3.05, 3.63) is 82.0 Å². The summed E-state index contributed by atoms with van der Waals surface area (Å²) in [5, 5.41) is 15.2. The van der Waals surface area contributed by atoms with E-state index in [-0.39, 0.29) is 11.8 Å². The summed E-state index contributed by atoms with van der Waals surface area (Å²) in [6.45, 7) is 7.35. The van der Waals surface area contributed by atoms with Gasteiger partial charge in [0, 0.05) is 23.1 Å². The molecule has 0 radical (unpaired) electrons. The number of aromatic nitrogens is 2. The Morgan fingerprint density at radius 2 is 1.82 bits per heavy atom. The fourth-order valence-corrected chi connectivity index (χ4v) is 4.27. The number of aryl methyl sites for hydroxylation is 2. The molecule has 7 nitrogen and oxygen atoms in total. The van der Waals surface area contributed by atoms with E-state index >= 15 is 0 Å². The molecular formula is C26H23N5O2S. The zero-order valence-electron chi connectivity index (χ0n) is 19.3. The van der Waals surface area contributed by atoms with Gasteiger partial charge in [0.15, 0.2) is 0 Å². The van der Waals surface area contributed by atoms with Crippen molar-refractivity contribution < 1.29 is 9.59 Å². The van der Waals surface area contributed by atoms with Crippen molar-refractivity contribution in [3.8, 4) is 6.07 Å². The van der Waals surface area contributed by atoms with Crippen LogP contribution in [0.1, 0.15) is 50.7 Å². The summed E-state index contributed by atoms with van der Waals surface area (Å²) in [4.78, 5) is 35.7. The van der Waals surface area contributed by atoms with Crippen LogP contribution in [0.5, 0.6) is 0 Å². The van der Waals surface area contributed by atoms with Gasteiger partial charge in [-0.25, -0.2) is 4.98 Å². The highest BCUT2D eigenvalue weighted by Gasteiger charge is 2.21. The standard InChI is InChI=1S/C26H23N5O2S/c1-15-8-9-19(30-23(32)17-6-5-7-18(10-17)26(3,4)14-27)11-20(15)31-24(33)22-12-21-25(34-22)29-16(2)13-28-21/h5-13H,1-4H3,(H,30,32)(H,31,33). The van der Waals surface area contributed by atoms with Crippen LogP contribution in [0.25, 0.3) is 10.3 Å². The first-order chi connectivity index (χ1) is 16.2. The number of carbonyl (C=O) groups excluding carboxylic acids is 2. The first-order valence-corrected chi connectivity index (χ1v) is 11.5. The van der Waals surface area contributed by atoms with Gasteiger partial charge in [0.2, 0.25) is 0 Å². The maximum absolute atomic E-state index is 12.9. The van der Waals surface area contributed by atoms with E-state index in [1.54, 1.807) is 42.6 Å². The van der Waals surface area contributed by atoms with Crippen molar-refractivity contribution in [2.45, 2.75) is 33.1 Å². The van der Waals surface area contributed by atoms with Crippen LogP contribution in [0.4, 0.5) is 11.4 Å². The van der Waals surface area contributed by atoms with Crippen molar-refractivity contribution in [1.29, 1.82) is 5.26 Å². The predicted molar refractivity (Wildman–Crippen MR) is 134 cm³/mol. The Hall–Kier alpha value is -4.09. The summed E-state index contributed by atoms with van der Waals surface area (Å²) in [5.41, 5.74) is 3.99. The van der Waals surface area contributed by atoms with Crippen LogP contribution >= 0.6 is 11.3 Å². The van der Waals surface area contributed by atoms with E-state index < -0.39 is 5.41 Å².